The van der Waals surface area contributed by atoms with Gasteiger partial charge in [0, 0.05) is 55.2 Å². The van der Waals surface area contributed by atoms with Crippen molar-refractivity contribution in [3.05, 3.63) is 35.4 Å². The second-order valence-electron chi connectivity index (χ2n) is 17.1. The molecule has 3 fully saturated rings. The van der Waals surface area contributed by atoms with Crippen LogP contribution in [-0.4, -0.2) is 105 Å². The normalized spacial score (nSPS) is 21.8. The van der Waals surface area contributed by atoms with Gasteiger partial charge in [0.15, 0.2) is 10.9 Å². The van der Waals surface area contributed by atoms with E-state index in [1.807, 2.05) is 4.90 Å². The van der Waals surface area contributed by atoms with Crippen molar-refractivity contribution < 1.29 is 50.1 Å². The molecule has 5 heterocycles. The summed E-state index contributed by atoms with van der Waals surface area (Å²) in [5.74, 6) is -2.32. The smallest absolute Gasteiger partial charge is 0.417 e. The second kappa shape index (κ2) is 14.9. The molecular weight excluding hydrogens is 793 g/mol. The van der Waals surface area contributed by atoms with Crippen LogP contribution >= 0.6 is 11.3 Å². The minimum atomic E-state index is -5.15. The molecule has 2 amide bonds. The number of aromatic nitrogens is 3. The number of amides is 2. The third-order valence-electron chi connectivity index (χ3n) is 10.4. The van der Waals surface area contributed by atoms with Gasteiger partial charge in [0.25, 0.3) is 0 Å². The topological polar surface area (TPSA) is 122 Å². The summed E-state index contributed by atoms with van der Waals surface area (Å²) in [6, 6.07) is 1.80. The van der Waals surface area contributed by atoms with Gasteiger partial charge in [-0.25, -0.2) is 27.7 Å². The molecule has 2 aromatic carbocycles. The molecule has 3 aliphatic rings. The summed E-state index contributed by atoms with van der Waals surface area (Å²) in [6.45, 7) is 13.0. The molecule has 19 heteroatoms. The number of nitrogens with one attached hydrogen (secondary N) is 1. The standard InChI is InChI=1S/C39H45F6N7O5S/c1-20-17-50(13-14-52(20)35(54)57-37(5,6)7)31-23-15-24(39(43,44)45)26(22-9-10-25(41)30-29(22)47-33(58-30)49-34(53)56-36(2,3)4)27(42)28(23)46-32(48-31)55-19-38-11-8-12-51(38)18-21(40)16-38/h9-10,15,20-21H,8,11-14,16-19H2,1-7H3,(H,47,49,53). The third-order valence-corrected chi connectivity index (χ3v) is 11.3. The average molecular weight is 838 g/mol. The van der Waals surface area contributed by atoms with Gasteiger partial charge in [0.2, 0.25) is 0 Å². The first kappa shape index (κ1) is 41.5. The number of alkyl halides is 4. The van der Waals surface area contributed by atoms with Crippen LogP contribution < -0.4 is 15.0 Å². The number of benzene rings is 2. The second-order valence-corrected chi connectivity index (χ2v) is 18.1. The van der Waals surface area contributed by atoms with E-state index >= 15 is 22.0 Å². The van der Waals surface area contributed by atoms with Crippen LogP contribution in [0.5, 0.6) is 6.01 Å². The maximum absolute atomic E-state index is 17.3. The largest absolute Gasteiger partial charge is 0.461 e. The third kappa shape index (κ3) is 8.28. The number of nitrogens with zero attached hydrogens (tertiary/aromatic N) is 6. The van der Waals surface area contributed by atoms with Crippen molar-refractivity contribution in [2.75, 3.05) is 49.5 Å². The fraction of sp³-hybridized carbons (Fsp3) is 0.564. The zero-order valence-electron chi connectivity index (χ0n) is 33.2. The van der Waals surface area contributed by atoms with Crippen LogP contribution in [0.2, 0.25) is 0 Å². The van der Waals surface area contributed by atoms with Crippen molar-refractivity contribution in [3.8, 4) is 17.1 Å². The minimum absolute atomic E-state index is 0.0405. The number of hydrogen-bond acceptors (Lipinski definition) is 11. The van der Waals surface area contributed by atoms with E-state index in [2.05, 4.69) is 20.3 Å². The van der Waals surface area contributed by atoms with Crippen LogP contribution in [-0.2, 0) is 15.7 Å². The molecular formula is C39H45F6N7O5S. The first-order chi connectivity index (χ1) is 27.0. The highest BCUT2D eigenvalue weighted by molar-refractivity contribution is 7.22. The lowest BCUT2D eigenvalue weighted by Crippen LogP contribution is -2.55. The number of carbonyl (C=O) groups excluding carboxylic acids is 2. The summed E-state index contributed by atoms with van der Waals surface area (Å²) in [5, 5.41) is 1.90. The molecule has 0 aliphatic carbocycles. The quantitative estimate of drug-likeness (QED) is 0.189. The van der Waals surface area contributed by atoms with Crippen molar-refractivity contribution in [1.29, 1.82) is 0 Å². The Labute approximate surface area is 334 Å². The van der Waals surface area contributed by atoms with Crippen molar-refractivity contribution in [3.63, 3.8) is 0 Å². The molecule has 58 heavy (non-hydrogen) atoms. The number of ether oxygens (including phenoxy) is 3. The Morgan fingerprint density at radius 2 is 1.69 bits per heavy atom. The van der Waals surface area contributed by atoms with Gasteiger partial charge in [-0.3, -0.25) is 10.2 Å². The van der Waals surface area contributed by atoms with Gasteiger partial charge in [-0.1, -0.05) is 11.3 Å². The van der Waals surface area contributed by atoms with Gasteiger partial charge in [0.05, 0.1) is 21.3 Å². The molecule has 314 valence electrons. The van der Waals surface area contributed by atoms with Gasteiger partial charge in [-0.15, -0.1) is 0 Å². The number of piperazine rings is 1. The number of halogens is 6. The summed E-state index contributed by atoms with van der Waals surface area (Å²) in [6.07, 6.45) is -6.04. The SMILES string of the molecule is CC1CN(c2nc(OCC34CCCN3CC(F)C4)nc3c(F)c(-c4ccc(F)c5sc(NC(=O)OC(C)(C)C)nc45)c(C(F)(F)F)cc23)CCN1C(=O)OC(C)(C)C. The Balaban J connectivity index is 1.36. The van der Waals surface area contributed by atoms with E-state index in [-0.39, 0.29) is 71.8 Å². The Morgan fingerprint density at radius 3 is 2.36 bits per heavy atom. The summed E-state index contributed by atoms with van der Waals surface area (Å²) in [4.78, 5) is 43.8. The molecule has 3 saturated heterocycles. The first-order valence-electron chi connectivity index (χ1n) is 19.0. The van der Waals surface area contributed by atoms with Gasteiger partial charge >= 0.3 is 24.4 Å². The van der Waals surface area contributed by atoms with E-state index in [0.717, 1.165) is 24.6 Å². The lowest BCUT2D eigenvalue weighted by molar-refractivity contribution is -0.137. The minimum Gasteiger partial charge on any atom is -0.461 e. The van der Waals surface area contributed by atoms with Gasteiger partial charge in [0.1, 0.15) is 41.1 Å². The number of fused-ring (bicyclic) bond motifs is 3. The number of anilines is 2. The summed E-state index contributed by atoms with van der Waals surface area (Å²) < 4.78 is 109. The fourth-order valence-electron chi connectivity index (χ4n) is 7.99. The predicted molar refractivity (Wildman–Crippen MR) is 206 cm³/mol. The van der Waals surface area contributed by atoms with Crippen LogP contribution in [0.1, 0.15) is 73.3 Å². The molecule has 2 aromatic heterocycles. The Hall–Kier alpha value is -4.65. The van der Waals surface area contributed by atoms with E-state index in [4.69, 9.17) is 14.2 Å². The van der Waals surface area contributed by atoms with E-state index in [9.17, 15) is 14.0 Å². The highest BCUT2D eigenvalue weighted by atomic mass is 32.1. The molecule has 3 aliphatic heterocycles. The number of rotatable bonds is 6. The van der Waals surface area contributed by atoms with Crippen molar-refractivity contribution >= 4 is 55.6 Å². The van der Waals surface area contributed by atoms with E-state index in [0.29, 0.717) is 24.3 Å². The number of thiazole rings is 1. The van der Waals surface area contributed by atoms with E-state index in [1.54, 1.807) is 53.4 Å². The summed E-state index contributed by atoms with van der Waals surface area (Å²) in [7, 11) is 0. The molecule has 3 unspecified atom stereocenters. The molecule has 0 spiro atoms. The number of hydrogen-bond donors (Lipinski definition) is 1. The fourth-order valence-corrected chi connectivity index (χ4v) is 8.88. The molecule has 7 rings (SSSR count). The van der Waals surface area contributed by atoms with Crippen molar-refractivity contribution in [2.24, 2.45) is 0 Å². The zero-order valence-corrected chi connectivity index (χ0v) is 34.0. The maximum Gasteiger partial charge on any atom is 0.417 e. The van der Waals surface area contributed by atoms with Crippen LogP contribution in [0.3, 0.4) is 0 Å². The maximum atomic E-state index is 17.3. The van der Waals surface area contributed by atoms with Gasteiger partial charge in [-0.2, -0.15) is 23.1 Å². The summed E-state index contributed by atoms with van der Waals surface area (Å²) in [5.41, 5.74) is -5.92. The van der Waals surface area contributed by atoms with Crippen LogP contribution in [0.15, 0.2) is 18.2 Å². The van der Waals surface area contributed by atoms with Gasteiger partial charge in [-0.05, 0) is 86.1 Å². The monoisotopic (exact) mass is 837 g/mol. The highest BCUT2D eigenvalue weighted by Gasteiger charge is 2.49. The Kier molecular flexibility index (Phi) is 10.6. The lowest BCUT2D eigenvalue weighted by atomic mass is 9.94. The van der Waals surface area contributed by atoms with E-state index < -0.39 is 81.2 Å². The average Bonchev–Trinajstić information content (AvgIpc) is 3.78. The number of carbonyl (C=O) groups is 2. The Bertz CT molecular complexity index is 2260. The van der Waals surface area contributed by atoms with Crippen molar-refractivity contribution in [1.82, 2.24) is 24.8 Å². The van der Waals surface area contributed by atoms with E-state index in [1.165, 1.54) is 4.90 Å². The van der Waals surface area contributed by atoms with Crippen LogP contribution in [0.4, 0.5) is 46.9 Å². The summed E-state index contributed by atoms with van der Waals surface area (Å²) >= 11 is 0.643. The predicted octanol–water partition coefficient (Wildman–Crippen LogP) is 8.95. The Morgan fingerprint density at radius 1 is 0.966 bits per heavy atom. The van der Waals surface area contributed by atoms with Gasteiger partial charge < -0.3 is 24.0 Å². The zero-order chi connectivity index (χ0) is 42.1. The highest BCUT2D eigenvalue weighted by Crippen LogP contribution is 2.47. The molecule has 0 radical (unpaired) electrons. The molecule has 12 nitrogen and oxygen atoms in total. The van der Waals surface area contributed by atoms with Crippen molar-refractivity contribution in [2.45, 2.75) is 103 Å². The lowest BCUT2D eigenvalue weighted by Gasteiger charge is -2.41. The molecule has 0 saturated carbocycles. The molecule has 3 atom stereocenters. The van der Waals surface area contributed by atoms with Crippen LogP contribution in [0, 0.1) is 11.6 Å². The van der Waals surface area contributed by atoms with Crippen LogP contribution in [0.25, 0.3) is 32.2 Å². The molecule has 1 N–H and O–H groups in total. The molecule has 0 bridgehead atoms. The molecule has 4 aromatic rings. The first-order valence-corrected chi connectivity index (χ1v) is 19.8.